The molecule has 0 saturated heterocycles. The van der Waals surface area contributed by atoms with Crippen LogP contribution in [0, 0.1) is 34.5 Å². The van der Waals surface area contributed by atoms with Gasteiger partial charge in [0.25, 0.3) is 0 Å². The van der Waals surface area contributed by atoms with Crippen molar-refractivity contribution >= 4 is 25.0 Å². The molecular formula is C36H72O4Si3. The second-order valence-electron chi connectivity index (χ2n) is 18.0. The summed E-state index contributed by atoms with van der Waals surface area (Å²) in [5.74, 6) is 2.94. The quantitative estimate of drug-likeness (QED) is 0.190. The van der Waals surface area contributed by atoms with Gasteiger partial charge in [-0.05, 0) is 144 Å². The van der Waals surface area contributed by atoms with Crippen LogP contribution in [0.2, 0.25) is 57.4 Å². The van der Waals surface area contributed by atoms with Crippen molar-refractivity contribution in [3.8, 4) is 0 Å². The fourth-order valence-corrected chi connectivity index (χ4v) is 18.1. The Hall–Kier alpha value is 0.491. The first kappa shape index (κ1) is 36.3. The lowest BCUT2D eigenvalue weighted by atomic mass is 9.44. The Morgan fingerprint density at radius 2 is 1.33 bits per heavy atom. The van der Waals surface area contributed by atoms with Gasteiger partial charge in [0, 0.05) is 11.5 Å². The molecule has 1 N–H and O–H groups in total. The van der Waals surface area contributed by atoms with Crippen LogP contribution in [-0.4, -0.2) is 54.5 Å². The number of aliphatic hydroxyl groups is 1. The zero-order valence-electron chi connectivity index (χ0n) is 30.4. The van der Waals surface area contributed by atoms with Gasteiger partial charge >= 0.3 is 0 Å². The fraction of sp³-hybridized carbons (Fsp3) is 1.00. The van der Waals surface area contributed by atoms with Crippen molar-refractivity contribution in [2.45, 2.75) is 187 Å². The van der Waals surface area contributed by atoms with Gasteiger partial charge < -0.3 is 18.4 Å². The highest BCUT2D eigenvalue weighted by Crippen LogP contribution is 2.69. The van der Waals surface area contributed by atoms with E-state index in [1.165, 1.54) is 63.5 Å². The van der Waals surface area contributed by atoms with Crippen molar-refractivity contribution in [1.29, 1.82) is 0 Å². The molecule has 0 bridgehead atoms. The Balaban J connectivity index is 1.53. The molecule has 0 aliphatic heterocycles. The van der Waals surface area contributed by atoms with Crippen LogP contribution in [0.15, 0.2) is 0 Å². The van der Waals surface area contributed by atoms with Crippen LogP contribution >= 0.6 is 0 Å². The highest BCUT2D eigenvalue weighted by Gasteiger charge is 2.67. The monoisotopic (exact) mass is 652 g/mol. The number of hydrogen-bond acceptors (Lipinski definition) is 4. The van der Waals surface area contributed by atoms with E-state index in [0.717, 1.165) is 49.5 Å². The molecule has 0 spiro atoms. The smallest absolute Gasteiger partial charge is 0.187 e. The van der Waals surface area contributed by atoms with Crippen molar-refractivity contribution in [1.82, 2.24) is 0 Å². The van der Waals surface area contributed by atoms with E-state index in [-0.39, 0.29) is 11.5 Å². The van der Waals surface area contributed by atoms with E-state index >= 15 is 0 Å². The number of rotatable bonds is 14. The first-order valence-corrected chi connectivity index (χ1v) is 28.0. The van der Waals surface area contributed by atoms with Gasteiger partial charge in [-0.2, -0.15) is 0 Å². The summed E-state index contributed by atoms with van der Waals surface area (Å²) in [6.45, 7) is 26.9. The lowest BCUT2D eigenvalue weighted by molar-refractivity contribution is -0.191. The largest absolute Gasteiger partial charge is 0.415 e. The lowest BCUT2D eigenvalue weighted by Crippen LogP contribution is -2.62. The van der Waals surface area contributed by atoms with E-state index in [1.54, 1.807) is 0 Å². The summed E-state index contributed by atoms with van der Waals surface area (Å²) in [5.41, 5.74) is -0.448. The van der Waals surface area contributed by atoms with Crippen molar-refractivity contribution in [3.05, 3.63) is 0 Å². The van der Waals surface area contributed by atoms with Crippen LogP contribution in [0.3, 0.4) is 0 Å². The van der Waals surface area contributed by atoms with Gasteiger partial charge in [0.05, 0.1) is 18.3 Å². The summed E-state index contributed by atoms with van der Waals surface area (Å²) in [6.07, 6.45) is 14.9. The molecule has 9 unspecified atom stereocenters. The van der Waals surface area contributed by atoms with E-state index < -0.39 is 30.6 Å². The van der Waals surface area contributed by atoms with E-state index in [1.807, 2.05) is 0 Å². The highest BCUT2D eigenvalue weighted by atomic mass is 28.4. The maximum absolute atomic E-state index is 13.0. The maximum Gasteiger partial charge on any atom is 0.187 e. The molecule has 4 nitrogen and oxygen atoms in total. The van der Waals surface area contributed by atoms with Gasteiger partial charge in [-0.3, -0.25) is 0 Å². The van der Waals surface area contributed by atoms with Gasteiger partial charge in [-0.1, -0.05) is 53.9 Å². The SMILES string of the molecule is CCC[Si](C)(C)OCC(O[Si](C)(C)CCC)C1(O)CCC2C3CCC4CC(O[Si](C)(C)CCC)CCC4(C)C3CCC21C. The summed E-state index contributed by atoms with van der Waals surface area (Å²) in [7, 11) is -5.25. The zero-order valence-corrected chi connectivity index (χ0v) is 33.4. The predicted molar refractivity (Wildman–Crippen MR) is 190 cm³/mol. The Labute approximate surface area is 270 Å². The topological polar surface area (TPSA) is 47.9 Å². The molecule has 0 aromatic carbocycles. The van der Waals surface area contributed by atoms with Crippen LogP contribution in [-0.2, 0) is 13.3 Å². The van der Waals surface area contributed by atoms with Crippen LogP contribution in [0.25, 0.3) is 0 Å². The minimum absolute atomic E-state index is 0.0887. The first-order chi connectivity index (χ1) is 20.0. The molecule has 0 aromatic heterocycles. The van der Waals surface area contributed by atoms with Gasteiger partial charge in [-0.15, -0.1) is 0 Å². The molecule has 0 aromatic rings. The van der Waals surface area contributed by atoms with E-state index in [4.69, 9.17) is 13.3 Å². The van der Waals surface area contributed by atoms with E-state index in [0.29, 0.717) is 24.0 Å². The first-order valence-electron chi connectivity index (χ1n) is 18.7. The van der Waals surface area contributed by atoms with Crippen LogP contribution in [0.4, 0.5) is 0 Å². The van der Waals surface area contributed by atoms with Crippen LogP contribution in [0.1, 0.15) is 112 Å². The third-order valence-electron chi connectivity index (χ3n) is 13.5. The average molecular weight is 653 g/mol. The molecule has 0 amide bonds. The second kappa shape index (κ2) is 13.5. The lowest BCUT2D eigenvalue weighted by Gasteiger charge is -2.62. The minimum atomic E-state index is -1.92. The Morgan fingerprint density at radius 1 is 0.721 bits per heavy atom. The molecule has 4 aliphatic carbocycles. The fourth-order valence-electron chi connectivity index (χ4n) is 11.3. The highest BCUT2D eigenvalue weighted by molar-refractivity contribution is 6.72. The molecule has 4 fully saturated rings. The van der Waals surface area contributed by atoms with E-state index in [2.05, 4.69) is 73.9 Å². The Morgan fingerprint density at radius 3 is 1.98 bits per heavy atom. The van der Waals surface area contributed by atoms with Gasteiger partial charge in [0.2, 0.25) is 0 Å². The van der Waals surface area contributed by atoms with E-state index in [9.17, 15) is 5.11 Å². The second-order valence-corrected chi connectivity index (χ2v) is 30.9. The Kier molecular flexibility index (Phi) is 11.4. The molecule has 4 aliphatic rings. The van der Waals surface area contributed by atoms with Crippen LogP contribution in [0.5, 0.6) is 0 Å². The number of hydrogen-bond donors (Lipinski definition) is 1. The van der Waals surface area contributed by atoms with Crippen molar-refractivity contribution in [3.63, 3.8) is 0 Å². The summed E-state index contributed by atoms with van der Waals surface area (Å²) in [6, 6.07) is 3.59. The molecular weight excluding hydrogens is 581 g/mol. The summed E-state index contributed by atoms with van der Waals surface area (Å²) in [4.78, 5) is 0. The summed E-state index contributed by atoms with van der Waals surface area (Å²) in [5, 5.41) is 13.0. The maximum atomic E-state index is 13.0. The predicted octanol–water partition coefficient (Wildman–Crippen LogP) is 10.4. The molecule has 0 radical (unpaired) electrons. The molecule has 4 rings (SSSR count). The van der Waals surface area contributed by atoms with Crippen molar-refractivity contribution < 1.29 is 18.4 Å². The van der Waals surface area contributed by atoms with Crippen LogP contribution < -0.4 is 0 Å². The molecule has 9 atom stereocenters. The molecule has 7 heteroatoms. The standard InChI is InChI=1S/C36H72O4Si3/c1-12-23-41(6,7)38-27-33(40-43(10,11)25-14-3)36(37)22-19-32-30-16-15-28-26-29(39-42(8,9)24-13-2)17-20-34(28,4)31(30)18-21-35(32,36)5/h28-33,37H,12-27H2,1-11H3. The summed E-state index contributed by atoms with van der Waals surface area (Å²) < 4.78 is 20.8. The van der Waals surface area contributed by atoms with Gasteiger partial charge in [0.1, 0.15) is 0 Å². The third-order valence-corrected chi connectivity index (χ3v) is 21.4. The Bertz CT molecular complexity index is 926. The molecule has 0 heterocycles. The van der Waals surface area contributed by atoms with Gasteiger partial charge in [0.15, 0.2) is 25.0 Å². The minimum Gasteiger partial charge on any atom is -0.415 e. The summed E-state index contributed by atoms with van der Waals surface area (Å²) >= 11 is 0. The number of fused-ring (bicyclic) bond motifs is 5. The zero-order chi connectivity index (χ0) is 31.9. The van der Waals surface area contributed by atoms with Crippen molar-refractivity contribution in [2.75, 3.05) is 6.61 Å². The normalized spacial score (nSPS) is 39.2. The van der Waals surface area contributed by atoms with Gasteiger partial charge in [-0.25, -0.2) is 0 Å². The molecule has 4 saturated carbocycles. The van der Waals surface area contributed by atoms with Crippen molar-refractivity contribution in [2.24, 2.45) is 34.5 Å². The molecule has 43 heavy (non-hydrogen) atoms. The third kappa shape index (κ3) is 7.48. The average Bonchev–Trinajstić information content (AvgIpc) is 3.18. The molecule has 252 valence electrons.